The smallest absolute Gasteiger partial charge is 0.374 e. The average molecular weight is 320 g/mol. The molecule has 3 heterocycles. The van der Waals surface area contributed by atoms with Crippen LogP contribution in [0.1, 0.15) is 11.1 Å². The number of dihydropyridines is 1. The number of hydrogen-bond donors (Lipinski definition) is 2. The van der Waals surface area contributed by atoms with E-state index in [9.17, 15) is 13.2 Å². The van der Waals surface area contributed by atoms with Crippen molar-refractivity contribution in [2.75, 3.05) is 0 Å². The quantitative estimate of drug-likeness (QED) is 0.832. The number of fused-ring (bicyclic) bond motifs is 1. The van der Waals surface area contributed by atoms with E-state index in [1.54, 1.807) is 18.3 Å². The normalized spacial score (nSPS) is 25.2. The van der Waals surface area contributed by atoms with Crippen LogP contribution in [0.2, 0.25) is 5.02 Å². The summed E-state index contributed by atoms with van der Waals surface area (Å²) >= 11 is 7.48. The Hall–Kier alpha value is -1.34. The van der Waals surface area contributed by atoms with Gasteiger partial charge in [0.25, 0.3) is 0 Å². The van der Waals surface area contributed by atoms with Crippen molar-refractivity contribution >= 4 is 23.4 Å². The summed E-state index contributed by atoms with van der Waals surface area (Å²) in [6, 6.07) is 3.41. The molecule has 106 valence electrons. The van der Waals surface area contributed by atoms with Crippen molar-refractivity contribution in [1.29, 1.82) is 0 Å². The summed E-state index contributed by atoms with van der Waals surface area (Å²) in [4.78, 5) is 4.18. The molecule has 20 heavy (non-hydrogen) atoms. The van der Waals surface area contributed by atoms with E-state index in [1.165, 1.54) is 11.8 Å². The molecule has 0 bridgehead atoms. The zero-order valence-corrected chi connectivity index (χ0v) is 11.5. The van der Waals surface area contributed by atoms with E-state index >= 15 is 0 Å². The van der Waals surface area contributed by atoms with Gasteiger partial charge in [-0.05, 0) is 18.2 Å². The Morgan fingerprint density at radius 3 is 2.80 bits per heavy atom. The Kier molecular flexibility index (Phi) is 3.33. The summed E-state index contributed by atoms with van der Waals surface area (Å²) in [5.74, 6) is 0. The first-order valence-corrected chi connectivity index (χ1v) is 7.04. The molecule has 0 radical (unpaired) electrons. The van der Waals surface area contributed by atoms with Gasteiger partial charge in [0.1, 0.15) is 10.7 Å². The number of halogens is 4. The van der Waals surface area contributed by atoms with Crippen LogP contribution in [0.15, 0.2) is 41.9 Å². The van der Waals surface area contributed by atoms with Gasteiger partial charge in [0.2, 0.25) is 0 Å². The summed E-state index contributed by atoms with van der Waals surface area (Å²) in [7, 11) is 0. The van der Waals surface area contributed by atoms with E-state index in [-0.39, 0.29) is 10.7 Å². The molecule has 2 atom stereocenters. The molecule has 1 fully saturated rings. The molecule has 1 aromatic heterocycles. The summed E-state index contributed by atoms with van der Waals surface area (Å²) in [5.41, 5.74) is 0.394. The van der Waals surface area contributed by atoms with Crippen molar-refractivity contribution in [2.45, 2.75) is 16.9 Å². The van der Waals surface area contributed by atoms with Crippen molar-refractivity contribution in [3.63, 3.8) is 0 Å². The topological polar surface area (TPSA) is 37.0 Å². The van der Waals surface area contributed by atoms with Gasteiger partial charge in [0, 0.05) is 18.1 Å². The van der Waals surface area contributed by atoms with Gasteiger partial charge in [0.15, 0.2) is 0 Å². The molecular formula is C12H9ClF3N3S. The first kappa shape index (κ1) is 13.6. The van der Waals surface area contributed by atoms with Crippen molar-refractivity contribution in [1.82, 2.24) is 15.6 Å². The van der Waals surface area contributed by atoms with Crippen LogP contribution in [0.25, 0.3) is 0 Å². The lowest BCUT2D eigenvalue weighted by atomic mass is 10.2. The molecule has 1 aromatic rings. The lowest BCUT2D eigenvalue weighted by Gasteiger charge is -2.19. The van der Waals surface area contributed by atoms with E-state index < -0.39 is 11.7 Å². The third-order valence-electron chi connectivity index (χ3n) is 2.92. The molecule has 0 amide bonds. The van der Waals surface area contributed by atoms with E-state index in [0.717, 1.165) is 12.3 Å². The van der Waals surface area contributed by atoms with Gasteiger partial charge >= 0.3 is 6.18 Å². The fourth-order valence-corrected chi connectivity index (χ4v) is 3.50. The van der Waals surface area contributed by atoms with Gasteiger partial charge in [-0.25, -0.2) is 0 Å². The third kappa shape index (κ3) is 2.47. The highest BCUT2D eigenvalue weighted by molar-refractivity contribution is 8.00. The van der Waals surface area contributed by atoms with Crippen LogP contribution in [-0.2, 0) is 0 Å². The van der Waals surface area contributed by atoms with Crippen LogP contribution in [0, 0.1) is 0 Å². The SMILES string of the molecule is FC(F)(F)C1=CNC2SC(c3ncccc3Cl)NC2=C1. The van der Waals surface area contributed by atoms with Gasteiger partial charge in [0.05, 0.1) is 16.3 Å². The van der Waals surface area contributed by atoms with Crippen LogP contribution < -0.4 is 10.6 Å². The summed E-state index contributed by atoms with van der Waals surface area (Å²) in [6.07, 6.45) is -0.652. The Bertz CT molecular complexity index is 600. The Morgan fingerprint density at radius 2 is 2.10 bits per heavy atom. The number of allylic oxidation sites excluding steroid dienone is 2. The van der Waals surface area contributed by atoms with Gasteiger partial charge in [-0.15, -0.1) is 0 Å². The van der Waals surface area contributed by atoms with Crippen LogP contribution in [-0.4, -0.2) is 16.5 Å². The number of alkyl halides is 3. The van der Waals surface area contributed by atoms with E-state index in [1.807, 2.05) is 0 Å². The second kappa shape index (κ2) is 4.89. The molecule has 2 unspecified atom stereocenters. The van der Waals surface area contributed by atoms with Crippen molar-refractivity contribution in [3.05, 3.63) is 52.6 Å². The predicted molar refractivity (Wildman–Crippen MR) is 71.9 cm³/mol. The van der Waals surface area contributed by atoms with Crippen molar-refractivity contribution in [3.8, 4) is 0 Å². The average Bonchev–Trinajstić information content (AvgIpc) is 2.80. The minimum atomic E-state index is -4.36. The molecule has 3 nitrogen and oxygen atoms in total. The minimum Gasteiger partial charge on any atom is -0.374 e. The number of hydrogen-bond acceptors (Lipinski definition) is 4. The maximum atomic E-state index is 12.7. The van der Waals surface area contributed by atoms with Crippen molar-refractivity contribution < 1.29 is 13.2 Å². The highest BCUT2D eigenvalue weighted by Crippen LogP contribution is 2.42. The van der Waals surface area contributed by atoms with Crippen LogP contribution >= 0.6 is 23.4 Å². The number of rotatable bonds is 1. The maximum Gasteiger partial charge on any atom is 0.417 e. The second-order valence-corrected chi connectivity index (χ2v) is 5.90. The van der Waals surface area contributed by atoms with E-state index in [2.05, 4.69) is 15.6 Å². The summed E-state index contributed by atoms with van der Waals surface area (Å²) < 4.78 is 38.0. The van der Waals surface area contributed by atoms with Crippen LogP contribution in [0.5, 0.6) is 0 Å². The lowest BCUT2D eigenvalue weighted by molar-refractivity contribution is -0.0888. The minimum absolute atomic E-state index is 0.246. The molecule has 0 aliphatic carbocycles. The molecule has 2 aliphatic heterocycles. The zero-order valence-electron chi connectivity index (χ0n) is 9.91. The molecule has 3 rings (SSSR count). The Balaban J connectivity index is 1.83. The fraction of sp³-hybridized carbons (Fsp3) is 0.250. The molecule has 8 heteroatoms. The highest BCUT2D eigenvalue weighted by atomic mass is 35.5. The van der Waals surface area contributed by atoms with Gasteiger partial charge in [-0.1, -0.05) is 23.4 Å². The summed E-state index contributed by atoms with van der Waals surface area (Å²) in [6.45, 7) is 0. The Labute approximate surface area is 122 Å². The van der Waals surface area contributed by atoms with E-state index in [0.29, 0.717) is 16.4 Å². The summed E-state index contributed by atoms with van der Waals surface area (Å²) in [5, 5.41) is 5.73. The number of nitrogens with one attached hydrogen (secondary N) is 2. The predicted octanol–water partition coefficient (Wildman–Crippen LogP) is 3.33. The molecular weight excluding hydrogens is 311 g/mol. The fourth-order valence-electron chi connectivity index (χ4n) is 1.98. The highest BCUT2D eigenvalue weighted by Gasteiger charge is 2.39. The number of aromatic nitrogens is 1. The third-order valence-corrected chi connectivity index (χ3v) is 4.51. The lowest BCUT2D eigenvalue weighted by Crippen LogP contribution is -2.29. The monoisotopic (exact) mass is 319 g/mol. The molecule has 0 saturated carbocycles. The number of nitrogens with zero attached hydrogens (tertiary/aromatic N) is 1. The van der Waals surface area contributed by atoms with Gasteiger partial charge in [-0.2, -0.15) is 13.2 Å². The van der Waals surface area contributed by atoms with Gasteiger partial charge < -0.3 is 10.6 Å². The first-order chi connectivity index (χ1) is 9.45. The number of pyridine rings is 1. The second-order valence-electron chi connectivity index (χ2n) is 4.27. The van der Waals surface area contributed by atoms with E-state index in [4.69, 9.17) is 11.6 Å². The molecule has 0 aromatic carbocycles. The molecule has 0 spiro atoms. The molecule has 1 saturated heterocycles. The maximum absolute atomic E-state index is 12.7. The Morgan fingerprint density at radius 1 is 1.30 bits per heavy atom. The number of thioether (sulfide) groups is 1. The zero-order chi connectivity index (χ0) is 14.3. The standard InChI is InChI=1S/C12H9ClF3N3S/c13-7-2-1-3-17-9(7)11-19-8-4-6(12(14,15)16)5-18-10(8)20-11/h1-5,10-11,18-19H. The van der Waals surface area contributed by atoms with Crippen LogP contribution in [0.3, 0.4) is 0 Å². The first-order valence-electron chi connectivity index (χ1n) is 5.72. The van der Waals surface area contributed by atoms with Gasteiger partial charge in [-0.3, -0.25) is 4.98 Å². The largest absolute Gasteiger partial charge is 0.417 e. The van der Waals surface area contributed by atoms with Crippen molar-refractivity contribution in [2.24, 2.45) is 0 Å². The van der Waals surface area contributed by atoms with Crippen LogP contribution in [0.4, 0.5) is 13.2 Å². The molecule has 2 aliphatic rings. The molecule has 2 N–H and O–H groups in total.